The Bertz CT molecular complexity index is 461. The van der Waals surface area contributed by atoms with Crippen LogP contribution in [0, 0.1) is 0 Å². The van der Waals surface area contributed by atoms with E-state index in [1.54, 1.807) is 26.4 Å². The number of hydrogen-bond donors (Lipinski definition) is 0. The zero-order valence-corrected chi connectivity index (χ0v) is 10.7. The number of carbonyl (C=O) groups is 1. The average Bonchev–Trinajstić information content (AvgIpc) is 2.42. The van der Waals surface area contributed by atoms with Crippen molar-refractivity contribution in [2.24, 2.45) is 0 Å². The lowest BCUT2D eigenvalue weighted by Gasteiger charge is -2.07. The van der Waals surface area contributed by atoms with Crippen molar-refractivity contribution in [3.8, 4) is 11.5 Å². The van der Waals surface area contributed by atoms with Gasteiger partial charge in [-0.05, 0) is 17.7 Å². The fourth-order valence-corrected chi connectivity index (χ4v) is 1.33. The van der Waals surface area contributed by atoms with Crippen molar-refractivity contribution in [2.75, 3.05) is 21.3 Å². The van der Waals surface area contributed by atoms with Crippen LogP contribution in [0.15, 0.2) is 36.4 Å². The molecule has 1 rings (SSSR count). The molecule has 1 aromatic rings. The van der Waals surface area contributed by atoms with Crippen LogP contribution in [0.25, 0.3) is 6.08 Å². The van der Waals surface area contributed by atoms with Crippen LogP contribution in [0.5, 0.6) is 11.5 Å². The van der Waals surface area contributed by atoms with Gasteiger partial charge in [0.2, 0.25) is 0 Å². The minimum absolute atomic E-state index is 0.382. The molecular weight excluding hydrogens is 232 g/mol. The highest BCUT2D eigenvalue weighted by atomic mass is 16.5. The van der Waals surface area contributed by atoms with E-state index in [9.17, 15) is 4.79 Å². The van der Waals surface area contributed by atoms with Gasteiger partial charge in [-0.2, -0.15) is 0 Å². The zero-order valence-electron chi connectivity index (χ0n) is 10.7. The van der Waals surface area contributed by atoms with Crippen molar-refractivity contribution in [1.82, 2.24) is 0 Å². The van der Waals surface area contributed by atoms with Crippen molar-refractivity contribution in [2.45, 2.75) is 0 Å². The molecule has 0 saturated carbocycles. The van der Waals surface area contributed by atoms with Gasteiger partial charge in [-0.1, -0.05) is 24.3 Å². The van der Waals surface area contributed by atoms with Crippen LogP contribution in [-0.2, 0) is 9.53 Å². The zero-order chi connectivity index (χ0) is 13.4. The number of ether oxygens (including phenoxy) is 3. The molecule has 0 saturated heterocycles. The first-order valence-corrected chi connectivity index (χ1v) is 5.36. The lowest BCUT2D eigenvalue weighted by atomic mass is 10.2. The Balaban J connectivity index is 2.76. The van der Waals surface area contributed by atoms with Crippen molar-refractivity contribution in [3.05, 3.63) is 42.0 Å². The van der Waals surface area contributed by atoms with Gasteiger partial charge in [-0.15, -0.1) is 0 Å². The quantitative estimate of drug-likeness (QED) is 0.456. The predicted molar refractivity (Wildman–Crippen MR) is 69.7 cm³/mol. The van der Waals surface area contributed by atoms with Gasteiger partial charge in [0.1, 0.15) is 0 Å². The molecule has 0 N–H and O–H groups in total. The molecule has 96 valence electrons. The van der Waals surface area contributed by atoms with E-state index < -0.39 is 0 Å². The molecule has 0 radical (unpaired) electrons. The Morgan fingerprint density at radius 3 is 2.39 bits per heavy atom. The predicted octanol–water partition coefficient (Wildman–Crippen LogP) is 2.45. The number of allylic oxidation sites excluding steroid dienone is 2. The largest absolute Gasteiger partial charge is 0.493 e. The Hall–Kier alpha value is -2.23. The van der Waals surface area contributed by atoms with Gasteiger partial charge in [-0.25, -0.2) is 4.79 Å². The number of benzene rings is 1. The third kappa shape index (κ3) is 3.97. The molecule has 4 heteroatoms. The fraction of sp³-hybridized carbons (Fsp3) is 0.214. The summed E-state index contributed by atoms with van der Waals surface area (Å²) < 4.78 is 14.8. The highest BCUT2D eigenvalue weighted by Gasteiger charge is 2.02. The van der Waals surface area contributed by atoms with E-state index in [0.717, 1.165) is 5.56 Å². The molecule has 0 bridgehead atoms. The maximum Gasteiger partial charge on any atom is 0.330 e. The molecule has 0 unspecified atom stereocenters. The van der Waals surface area contributed by atoms with Gasteiger partial charge in [0.25, 0.3) is 0 Å². The molecule has 0 heterocycles. The van der Waals surface area contributed by atoms with E-state index in [1.807, 2.05) is 24.3 Å². The summed E-state index contributed by atoms with van der Waals surface area (Å²) in [7, 11) is 4.51. The molecule has 0 aromatic heterocycles. The second kappa shape index (κ2) is 7.17. The maximum absolute atomic E-state index is 10.8. The first-order chi connectivity index (χ1) is 8.71. The molecule has 0 atom stereocenters. The molecule has 18 heavy (non-hydrogen) atoms. The van der Waals surface area contributed by atoms with E-state index in [-0.39, 0.29) is 5.97 Å². The standard InChI is InChI=1S/C14H16O4/c1-16-12-9-8-11(10-13(12)17-2)6-4-5-7-14(15)18-3/h4-10H,1-3H3/b6-4+,7-5+. The average molecular weight is 248 g/mol. The number of rotatable bonds is 5. The second-order valence-electron chi connectivity index (χ2n) is 3.36. The van der Waals surface area contributed by atoms with Crippen LogP contribution < -0.4 is 9.47 Å². The summed E-state index contributed by atoms with van der Waals surface area (Å²) in [5.41, 5.74) is 0.946. The number of carbonyl (C=O) groups excluding carboxylic acids is 1. The third-order valence-electron chi connectivity index (χ3n) is 2.24. The van der Waals surface area contributed by atoms with Gasteiger partial charge in [-0.3, -0.25) is 0 Å². The van der Waals surface area contributed by atoms with Gasteiger partial charge in [0.15, 0.2) is 11.5 Å². The van der Waals surface area contributed by atoms with E-state index in [0.29, 0.717) is 11.5 Å². The van der Waals surface area contributed by atoms with Crippen LogP contribution in [0.4, 0.5) is 0 Å². The van der Waals surface area contributed by atoms with Crippen molar-refractivity contribution < 1.29 is 19.0 Å². The first kappa shape index (κ1) is 13.8. The van der Waals surface area contributed by atoms with Crippen molar-refractivity contribution in [3.63, 3.8) is 0 Å². The first-order valence-electron chi connectivity index (χ1n) is 5.36. The van der Waals surface area contributed by atoms with E-state index in [4.69, 9.17) is 9.47 Å². The molecule has 0 fully saturated rings. The molecule has 0 aliphatic carbocycles. The van der Waals surface area contributed by atoms with Gasteiger partial charge < -0.3 is 14.2 Å². The summed E-state index contributed by atoms with van der Waals surface area (Å²) in [6, 6.07) is 5.56. The van der Waals surface area contributed by atoms with Crippen LogP contribution in [0.1, 0.15) is 5.56 Å². The summed E-state index contributed by atoms with van der Waals surface area (Å²) in [6.45, 7) is 0. The van der Waals surface area contributed by atoms with Crippen LogP contribution in [0.2, 0.25) is 0 Å². The topological polar surface area (TPSA) is 44.8 Å². The van der Waals surface area contributed by atoms with E-state index in [1.165, 1.54) is 13.2 Å². The van der Waals surface area contributed by atoms with Crippen molar-refractivity contribution in [1.29, 1.82) is 0 Å². The fourth-order valence-electron chi connectivity index (χ4n) is 1.33. The summed E-state index contributed by atoms with van der Waals surface area (Å²) in [4.78, 5) is 10.8. The molecule has 0 aliphatic rings. The highest BCUT2D eigenvalue weighted by molar-refractivity contribution is 5.82. The third-order valence-corrected chi connectivity index (χ3v) is 2.24. The van der Waals surface area contributed by atoms with Crippen LogP contribution >= 0.6 is 0 Å². The van der Waals surface area contributed by atoms with E-state index >= 15 is 0 Å². The molecular formula is C14H16O4. The number of hydrogen-bond acceptors (Lipinski definition) is 4. The van der Waals surface area contributed by atoms with Gasteiger partial charge in [0, 0.05) is 6.08 Å². The lowest BCUT2D eigenvalue weighted by Crippen LogP contribution is -1.92. The minimum atomic E-state index is -0.382. The Morgan fingerprint density at radius 2 is 1.78 bits per heavy atom. The number of methoxy groups -OCH3 is 3. The van der Waals surface area contributed by atoms with Gasteiger partial charge >= 0.3 is 5.97 Å². The summed E-state index contributed by atoms with van der Waals surface area (Å²) in [5.74, 6) is 0.961. The van der Waals surface area contributed by atoms with Crippen LogP contribution in [0.3, 0.4) is 0 Å². The molecule has 0 spiro atoms. The minimum Gasteiger partial charge on any atom is -0.493 e. The van der Waals surface area contributed by atoms with Gasteiger partial charge in [0.05, 0.1) is 21.3 Å². The maximum atomic E-state index is 10.8. The normalized spacial score (nSPS) is 10.8. The molecule has 0 amide bonds. The number of esters is 1. The molecule has 0 aliphatic heterocycles. The summed E-state index contributed by atoms with van der Waals surface area (Å²) in [6.07, 6.45) is 6.55. The van der Waals surface area contributed by atoms with Crippen LogP contribution in [-0.4, -0.2) is 27.3 Å². The lowest BCUT2D eigenvalue weighted by molar-refractivity contribution is -0.134. The highest BCUT2D eigenvalue weighted by Crippen LogP contribution is 2.27. The second-order valence-corrected chi connectivity index (χ2v) is 3.36. The monoisotopic (exact) mass is 248 g/mol. The smallest absolute Gasteiger partial charge is 0.330 e. The van der Waals surface area contributed by atoms with Crippen molar-refractivity contribution >= 4 is 12.0 Å². The Morgan fingerprint density at radius 1 is 1.06 bits per heavy atom. The molecule has 1 aromatic carbocycles. The SMILES string of the molecule is COC(=O)/C=C/C=C/c1ccc(OC)c(OC)c1. The summed E-state index contributed by atoms with van der Waals surface area (Å²) in [5, 5.41) is 0. The Kier molecular flexibility index (Phi) is 5.51. The Labute approximate surface area is 106 Å². The summed E-state index contributed by atoms with van der Waals surface area (Å²) >= 11 is 0. The molecule has 4 nitrogen and oxygen atoms in total. The van der Waals surface area contributed by atoms with E-state index in [2.05, 4.69) is 4.74 Å².